The third-order valence-electron chi connectivity index (χ3n) is 6.54. The fourth-order valence-electron chi connectivity index (χ4n) is 5.11. The summed E-state index contributed by atoms with van der Waals surface area (Å²) in [6.45, 7) is 11.6. The minimum absolute atomic E-state index is 0.0593. The molecule has 0 bridgehead atoms. The standard InChI is InChI=1S/C26H28BrN3O3/c1-6-29-22-9-7-17(12-19(22)16(3)14-26(29,4)5)13-20-23(31)28-25(33)30(24(20)32)21-10-8-18(27)11-15(21)2/h7-13,16H,6,14H2,1-5H3,(H,28,31,33)/b20-13+/t16-/m0/s1. The van der Waals surface area contributed by atoms with Gasteiger partial charge in [0.15, 0.2) is 0 Å². The Hall–Kier alpha value is -2.93. The van der Waals surface area contributed by atoms with E-state index in [2.05, 4.69) is 66.0 Å². The Morgan fingerprint density at radius 3 is 2.48 bits per heavy atom. The Labute approximate surface area is 202 Å². The van der Waals surface area contributed by atoms with Gasteiger partial charge in [0, 0.05) is 22.2 Å². The Morgan fingerprint density at radius 1 is 1.12 bits per heavy atom. The molecule has 1 atom stereocenters. The van der Waals surface area contributed by atoms with Crippen molar-refractivity contribution in [2.75, 3.05) is 16.3 Å². The molecule has 7 heteroatoms. The zero-order valence-electron chi connectivity index (χ0n) is 19.5. The van der Waals surface area contributed by atoms with Crippen LogP contribution < -0.4 is 15.1 Å². The predicted octanol–water partition coefficient (Wildman–Crippen LogP) is 5.54. The van der Waals surface area contributed by atoms with Crippen molar-refractivity contribution in [3.05, 3.63) is 63.1 Å². The highest BCUT2D eigenvalue weighted by Crippen LogP contribution is 2.43. The van der Waals surface area contributed by atoms with E-state index in [0.717, 1.165) is 33.5 Å². The Morgan fingerprint density at radius 2 is 1.82 bits per heavy atom. The topological polar surface area (TPSA) is 69.7 Å². The maximum absolute atomic E-state index is 13.3. The first-order valence-corrected chi connectivity index (χ1v) is 11.9. The molecular formula is C26H28BrN3O3. The number of amides is 4. The van der Waals surface area contributed by atoms with E-state index in [4.69, 9.17) is 0 Å². The van der Waals surface area contributed by atoms with Gasteiger partial charge >= 0.3 is 6.03 Å². The molecule has 33 heavy (non-hydrogen) atoms. The van der Waals surface area contributed by atoms with E-state index < -0.39 is 17.8 Å². The van der Waals surface area contributed by atoms with Crippen molar-refractivity contribution in [1.29, 1.82) is 0 Å². The Bertz CT molecular complexity index is 1200. The summed E-state index contributed by atoms with van der Waals surface area (Å²) < 4.78 is 0.841. The number of carbonyl (C=O) groups excluding carboxylic acids is 3. The molecule has 4 rings (SSSR count). The van der Waals surface area contributed by atoms with Crippen molar-refractivity contribution >= 4 is 51.2 Å². The molecule has 2 aromatic rings. The van der Waals surface area contributed by atoms with Gasteiger partial charge in [0.25, 0.3) is 11.8 Å². The lowest BCUT2D eigenvalue weighted by molar-refractivity contribution is -0.122. The molecule has 2 aliphatic heterocycles. The number of hydrogen-bond donors (Lipinski definition) is 1. The highest BCUT2D eigenvalue weighted by molar-refractivity contribution is 9.10. The smallest absolute Gasteiger partial charge is 0.335 e. The van der Waals surface area contributed by atoms with Gasteiger partial charge in [0.2, 0.25) is 0 Å². The van der Waals surface area contributed by atoms with Gasteiger partial charge in [0.1, 0.15) is 5.57 Å². The maximum atomic E-state index is 13.3. The first-order valence-electron chi connectivity index (χ1n) is 11.1. The molecule has 2 aliphatic rings. The number of fused-ring (bicyclic) bond motifs is 1. The fourth-order valence-corrected chi connectivity index (χ4v) is 5.59. The van der Waals surface area contributed by atoms with Crippen LogP contribution in [0.5, 0.6) is 0 Å². The lowest BCUT2D eigenvalue weighted by Crippen LogP contribution is -2.54. The van der Waals surface area contributed by atoms with Crippen LogP contribution in [0.25, 0.3) is 6.08 Å². The molecule has 6 nitrogen and oxygen atoms in total. The van der Waals surface area contributed by atoms with E-state index in [1.807, 2.05) is 19.1 Å². The number of nitrogens with one attached hydrogen (secondary N) is 1. The normalized spacial score (nSPS) is 21.3. The van der Waals surface area contributed by atoms with Crippen molar-refractivity contribution in [3.8, 4) is 0 Å². The average molecular weight is 510 g/mol. The summed E-state index contributed by atoms with van der Waals surface area (Å²) in [5.41, 5.74) is 4.33. The summed E-state index contributed by atoms with van der Waals surface area (Å²) in [6, 6.07) is 10.6. The molecular weight excluding hydrogens is 482 g/mol. The molecule has 0 aromatic heterocycles. The zero-order valence-corrected chi connectivity index (χ0v) is 21.1. The SMILES string of the molecule is CCN1c2ccc(/C=C3\C(=O)NC(=O)N(c4ccc(Br)cc4C)C3=O)cc2[C@@H](C)CC1(C)C. The van der Waals surface area contributed by atoms with Gasteiger partial charge < -0.3 is 4.90 Å². The monoisotopic (exact) mass is 509 g/mol. The Balaban J connectivity index is 1.74. The molecule has 0 aliphatic carbocycles. The highest BCUT2D eigenvalue weighted by Gasteiger charge is 2.38. The van der Waals surface area contributed by atoms with Gasteiger partial charge in [-0.15, -0.1) is 0 Å². The summed E-state index contributed by atoms with van der Waals surface area (Å²) in [5, 5.41) is 2.31. The molecule has 2 aromatic carbocycles. The van der Waals surface area contributed by atoms with E-state index in [1.165, 1.54) is 11.3 Å². The molecule has 0 spiro atoms. The van der Waals surface area contributed by atoms with Crippen molar-refractivity contribution in [2.45, 2.75) is 52.5 Å². The number of aryl methyl sites for hydroxylation is 1. The molecule has 1 N–H and O–H groups in total. The second-order valence-corrected chi connectivity index (χ2v) is 10.3. The van der Waals surface area contributed by atoms with Crippen LogP contribution in [0, 0.1) is 6.92 Å². The molecule has 0 radical (unpaired) electrons. The minimum atomic E-state index is -0.743. The van der Waals surface area contributed by atoms with Crippen molar-refractivity contribution in [1.82, 2.24) is 5.32 Å². The van der Waals surface area contributed by atoms with E-state index in [9.17, 15) is 14.4 Å². The second kappa shape index (κ2) is 8.45. The number of barbiturate groups is 1. The van der Waals surface area contributed by atoms with Crippen LogP contribution in [0.4, 0.5) is 16.2 Å². The van der Waals surface area contributed by atoms with E-state index >= 15 is 0 Å². The highest BCUT2D eigenvalue weighted by atomic mass is 79.9. The van der Waals surface area contributed by atoms with Gasteiger partial charge in [0.05, 0.1) is 5.69 Å². The number of benzene rings is 2. The van der Waals surface area contributed by atoms with Crippen molar-refractivity contribution in [2.24, 2.45) is 0 Å². The zero-order chi connectivity index (χ0) is 24.1. The van der Waals surface area contributed by atoms with E-state index in [0.29, 0.717) is 11.6 Å². The number of rotatable bonds is 3. The maximum Gasteiger partial charge on any atom is 0.335 e. The second-order valence-electron chi connectivity index (χ2n) is 9.37. The first kappa shape index (κ1) is 23.2. The molecule has 1 saturated heterocycles. The van der Waals surface area contributed by atoms with Crippen LogP contribution in [0.15, 0.2) is 46.4 Å². The summed E-state index contributed by atoms with van der Waals surface area (Å²) in [6.07, 6.45) is 2.59. The molecule has 2 heterocycles. The van der Waals surface area contributed by atoms with Crippen LogP contribution in [-0.2, 0) is 9.59 Å². The lowest BCUT2D eigenvalue weighted by Gasteiger charge is -2.47. The summed E-state index contributed by atoms with van der Waals surface area (Å²) in [4.78, 5) is 41.9. The van der Waals surface area contributed by atoms with Crippen LogP contribution in [0.1, 0.15) is 56.7 Å². The molecule has 1 fully saturated rings. The lowest BCUT2D eigenvalue weighted by atomic mass is 9.79. The third-order valence-corrected chi connectivity index (χ3v) is 7.03. The van der Waals surface area contributed by atoms with Crippen LogP contribution in [0.2, 0.25) is 0 Å². The molecule has 4 amide bonds. The van der Waals surface area contributed by atoms with Gasteiger partial charge in [-0.05, 0) is 93.1 Å². The van der Waals surface area contributed by atoms with Crippen molar-refractivity contribution in [3.63, 3.8) is 0 Å². The van der Waals surface area contributed by atoms with Gasteiger partial charge in [-0.3, -0.25) is 14.9 Å². The largest absolute Gasteiger partial charge is 0.366 e. The number of carbonyl (C=O) groups is 3. The number of anilines is 2. The molecule has 172 valence electrons. The number of urea groups is 1. The van der Waals surface area contributed by atoms with Gasteiger partial charge in [-0.25, -0.2) is 9.69 Å². The van der Waals surface area contributed by atoms with Crippen LogP contribution in [-0.4, -0.2) is 29.9 Å². The number of halogens is 1. The number of imide groups is 2. The van der Waals surface area contributed by atoms with Gasteiger partial charge in [-0.1, -0.05) is 28.9 Å². The van der Waals surface area contributed by atoms with Crippen LogP contribution in [0.3, 0.4) is 0 Å². The fraction of sp³-hybridized carbons (Fsp3) is 0.346. The first-order chi connectivity index (χ1) is 15.5. The Kier molecular flexibility index (Phi) is 5.95. The van der Waals surface area contributed by atoms with E-state index in [-0.39, 0.29) is 11.1 Å². The number of hydrogen-bond acceptors (Lipinski definition) is 4. The van der Waals surface area contributed by atoms with Crippen molar-refractivity contribution < 1.29 is 14.4 Å². The third kappa shape index (κ3) is 4.10. The van der Waals surface area contributed by atoms with Gasteiger partial charge in [-0.2, -0.15) is 0 Å². The number of nitrogens with zero attached hydrogens (tertiary/aromatic N) is 2. The quantitative estimate of drug-likeness (QED) is 0.435. The average Bonchev–Trinajstić information content (AvgIpc) is 2.72. The molecule has 0 saturated carbocycles. The van der Waals surface area contributed by atoms with E-state index in [1.54, 1.807) is 18.2 Å². The molecule has 0 unspecified atom stereocenters. The summed E-state index contributed by atoms with van der Waals surface area (Å²) in [5.74, 6) is -0.968. The van der Waals surface area contributed by atoms with Crippen LogP contribution >= 0.6 is 15.9 Å². The summed E-state index contributed by atoms with van der Waals surface area (Å²) >= 11 is 3.39. The predicted molar refractivity (Wildman–Crippen MR) is 134 cm³/mol. The minimum Gasteiger partial charge on any atom is -0.366 e. The summed E-state index contributed by atoms with van der Waals surface area (Å²) in [7, 11) is 0.